The number of hydrogen-bond acceptors (Lipinski definition) is 3. The molecule has 0 aliphatic rings. The minimum absolute atomic E-state index is 0.0732. The number of carbonyl (C=O) groups is 1. The molecule has 26 heavy (non-hydrogen) atoms. The number of hydrogen-bond donors (Lipinski definition) is 1. The van der Waals surface area contributed by atoms with Crippen molar-refractivity contribution in [3.63, 3.8) is 0 Å². The van der Waals surface area contributed by atoms with Crippen LogP contribution in [0.15, 0.2) is 42.6 Å². The summed E-state index contributed by atoms with van der Waals surface area (Å²) in [5, 5.41) is 8.07. The highest BCUT2D eigenvalue weighted by atomic mass is 35.5. The van der Waals surface area contributed by atoms with Gasteiger partial charge in [-0.25, -0.2) is 4.68 Å². The zero-order chi connectivity index (χ0) is 18.7. The van der Waals surface area contributed by atoms with Crippen LogP contribution in [0, 0.1) is 20.8 Å². The van der Waals surface area contributed by atoms with Crippen molar-refractivity contribution in [2.24, 2.45) is 0 Å². The lowest BCUT2D eigenvalue weighted by Gasteiger charge is -2.11. The number of carbonyl (C=O) groups excluding carboxylic acids is 1. The van der Waals surface area contributed by atoms with Gasteiger partial charge in [0.25, 0.3) is 0 Å². The van der Waals surface area contributed by atoms with Gasteiger partial charge in [-0.05, 0) is 56.2 Å². The van der Waals surface area contributed by atoms with Gasteiger partial charge in [-0.1, -0.05) is 23.7 Å². The molecule has 0 aliphatic carbocycles. The summed E-state index contributed by atoms with van der Waals surface area (Å²) in [7, 11) is 0. The number of halogens is 1. The van der Waals surface area contributed by atoms with E-state index in [0.717, 1.165) is 28.1 Å². The number of pyridine rings is 1. The van der Waals surface area contributed by atoms with Crippen molar-refractivity contribution in [3.8, 4) is 0 Å². The van der Waals surface area contributed by atoms with Crippen LogP contribution in [-0.2, 0) is 17.8 Å². The van der Waals surface area contributed by atoms with Crippen LogP contribution in [0.2, 0.25) is 5.02 Å². The lowest BCUT2D eigenvalue weighted by Crippen LogP contribution is -2.19. The number of amides is 1. The van der Waals surface area contributed by atoms with E-state index in [9.17, 15) is 4.79 Å². The van der Waals surface area contributed by atoms with Gasteiger partial charge in [-0.15, -0.1) is 0 Å². The molecule has 1 N–H and O–H groups in total. The highest BCUT2D eigenvalue weighted by Crippen LogP contribution is 2.18. The first-order valence-electron chi connectivity index (χ1n) is 8.41. The molecule has 5 nitrogen and oxygen atoms in total. The third-order valence-electron chi connectivity index (χ3n) is 4.03. The predicted octanol–water partition coefficient (Wildman–Crippen LogP) is 4.09. The fourth-order valence-electron chi connectivity index (χ4n) is 2.91. The molecule has 0 bridgehead atoms. The molecule has 0 aliphatic heterocycles. The first kappa shape index (κ1) is 18.1. The number of benzene rings is 1. The molecule has 3 rings (SSSR count). The van der Waals surface area contributed by atoms with Gasteiger partial charge in [0.15, 0.2) is 0 Å². The topological polar surface area (TPSA) is 59.8 Å². The van der Waals surface area contributed by atoms with Crippen molar-refractivity contribution >= 4 is 23.3 Å². The first-order chi connectivity index (χ1) is 12.4. The van der Waals surface area contributed by atoms with Crippen molar-refractivity contribution in [2.45, 2.75) is 33.7 Å². The Bertz CT molecular complexity index is 911. The molecule has 0 radical (unpaired) electrons. The third kappa shape index (κ3) is 4.49. The molecule has 134 valence electrons. The molecule has 0 spiro atoms. The molecule has 0 fully saturated rings. The van der Waals surface area contributed by atoms with Crippen LogP contribution in [-0.4, -0.2) is 20.7 Å². The molecule has 2 aromatic heterocycles. The molecule has 0 saturated heterocycles. The second kappa shape index (κ2) is 7.70. The van der Waals surface area contributed by atoms with Crippen LogP contribution < -0.4 is 5.32 Å². The maximum atomic E-state index is 12.5. The number of nitrogens with zero attached hydrogens (tertiary/aromatic N) is 3. The van der Waals surface area contributed by atoms with E-state index in [0.29, 0.717) is 23.8 Å². The van der Waals surface area contributed by atoms with Crippen LogP contribution in [0.3, 0.4) is 0 Å². The van der Waals surface area contributed by atoms with Gasteiger partial charge in [0, 0.05) is 22.0 Å². The number of anilines is 1. The fourth-order valence-corrected chi connectivity index (χ4v) is 3.04. The standard InChI is InChI=1S/C20H21ClN4O/c1-13-11-22-25(12-16-4-6-18(21)7-5-16)20(13)24-19(26)10-17-8-14(2)23-15(3)9-17/h4-9,11H,10,12H2,1-3H3,(H,24,26). The van der Waals surface area contributed by atoms with E-state index in [1.807, 2.05) is 57.2 Å². The Hall–Kier alpha value is -2.66. The average molecular weight is 369 g/mol. The van der Waals surface area contributed by atoms with Gasteiger partial charge < -0.3 is 5.32 Å². The Kier molecular flexibility index (Phi) is 5.38. The Morgan fingerprint density at radius 3 is 2.38 bits per heavy atom. The normalized spacial score (nSPS) is 10.8. The van der Waals surface area contributed by atoms with Gasteiger partial charge in [0.2, 0.25) is 5.91 Å². The Morgan fingerprint density at radius 1 is 1.08 bits per heavy atom. The second-order valence-electron chi connectivity index (χ2n) is 6.44. The van der Waals surface area contributed by atoms with Crippen molar-refractivity contribution in [1.82, 2.24) is 14.8 Å². The van der Waals surface area contributed by atoms with E-state index in [-0.39, 0.29) is 5.91 Å². The SMILES string of the molecule is Cc1cc(CC(=O)Nc2c(C)cnn2Cc2ccc(Cl)cc2)cc(C)n1. The van der Waals surface area contributed by atoms with E-state index < -0.39 is 0 Å². The summed E-state index contributed by atoms with van der Waals surface area (Å²) in [6, 6.07) is 11.5. The average Bonchev–Trinajstić information content (AvgIpc) is 2.89. The van der Waals surface area contributed by atoms with E-state index in [1.165, 1.54) is 0 Å². The summed E-state index contributed by atoms with van der Waals surface area (Å²) in [5.74, 6) is 0.642. The van der Waals surface area contributed by atoms with Gasteiger partial charge in [0.05, 0.1) is 19.2 Å². The first-order valence-corrected chi connectivity index (χ1v) is 8.79. The number of nitrogens with one attached hydrogen (secondary N) is 1. The summed E-state index contributed by atoms with van der Waals surface area (Å²) in [4.78, 5) is 16.9. The third-order valence-corrected chi connectivity index (χ3v) is 4.28. The lowest BCUT2D eigenvalue weighted by atomic mass is 10.1. The molecule has 0 saturated carbocycles. The number of aryl methyl sites for hydroxylation is 3. The van der Waals surface area contributed by atoms with E-state index in [2.05, 4.69) is 15.4 Å². The van der Waals surface area contributed by atoms with Gasteiger partial charge in [0.1, 0.15) is 5.82 Å². The number of aromatic nitrogens is 3. The zero-order valence-corrected chi connectivity index (χ0v) is 15.8. The monoisotopic (exact) mass is 368 g/mol. The van der Waals surface area contributed by atoms with Crippen molar-refractivity contribution in [3.05, 3.63) is 75.7 Å². The smallest absolute Gasteiger partial charge is 0.229 e. The highest BCUT2D eigenvalue weighted by molar-refractivity contribution is 6.30. The summed E-state index contributed by atoms with van der Waals surface area (Å²) >= 11 is 5.93. The van der Waals surface area contributed by atoms with Crippen LogP contribution in [0.25, 0.3) is 0 Å². The maximum Gasteiger partial charge on any atom is 0.229 e. The molecule has 1 aromatic carbocycles. The lowest BCUT2D eigenvalue weighted by molar-refractivity contribution is -0.115. The van der Waals surface area contributed by atoms with Crippen LogP contribution in [0.1, 0.15) is 28.1 Å². The van der Waals surface area contributed by atoms with Gasteiger partial charge in [-0.3, -0.25) is 9.78 Å². The molecule has 6 heteroatoms. The van der Waals surface area contributed by atoms with Gasteiger partial charge in [-0.2, -0.15) is 5.10 Å². The Balaban J connectivity index is 1.74. The minimum Gasteiger partial charge on any atom is -0.310 e. The molecule has 2 heterocycles. The van der Waals surface area contributed by atoms with Crippen molar-refractivity contribution in [2.75, 3.05) is 5.32 Å². The second-order valence-corrected chi connectivity index (χ2v) is 6.88. The Morgan fingerprint density at radius 2 is 1.73 bits per heavy atom. The van der Waals surface area contributed by atoms with E-state index in [1.54, 1.807) is 10.9 Å². The number of rotatable bonds is 5. The molecule has 0 unspecified atom stereocenters. The minimum atomic E-state index is -0.0732. The van der Waals surface area contributed by atoms with E-state index >= 15 is 0 Å². The summed E-state index contributed by atoms with van der Waals surface area (Å²) in [6.45, 7) is 6.36. The quantitative estimate of drug-likeness (QED) is 0.738. The van der Waals surface area contributed by atoms with E-state index in [4.69, 9.17) is 11.6 Å². The van der Waals surface area contributed by atoms with Crippen LogP contribution in [0.4, 0.5) is 5.82 Å². The zero-order valence-electron chi connectivity index (χ0n) is 15.1. The highest BCUT2D eigenvalue weighted by Gasteiger charge is 2.12. The summed E-state index contributed by atoms with van der Waals surface area (Å²) in [5.41, 5.74) is 4.77. The van der Waals surface area contributed by atoms with Crippen LogP contribution in [0.5, 0.6) is 0 Å². The molecular formula is C20H21ClN4O. The molecule has 0 atom stereocenters. The summed E-state index contributed by atoms with van der Waals surface area (Å²) < 4.78 is 1.79. The predicted molar refractivity (Wildman–Crippen MR) is 104 cm³/mol. The van der Waals surface area contributed by atoms with Crippen LogP contribution >= 0.6 is 11.6 Å². The fraction of sp³-hybridized carbons (Fsp3) is 0.250. The molecular weight excluding hydrogens is 348 g/mol. The van der Waals surface area contributed by atoms with Gasteiger partial charge >= 0.3 is 0 Å². The largest absolute Gasteiger partial charge is 0.310 e. The van der Waals surface area contributed by atoms with Crippen molar-refractivity contribution in [1.29, 1.82) is 0 Å². The molecule has 1 amide bonds. The summed E-state index contributed by atoms with van der Waals surface area (Å²) in [6.07, 6.45) is 2.06. The Labute approximate surface area is 158 Å². The maximum absolute atomic E-state index is 12.5. The molecule has 3 aromatic rings. The van der Waals surface area contributed by atoms with Crippen molar-refractivity contribution < 1.29 is 4.79 Å².